The SMILES string of the molecule is CC/C(=N\NC(=S)NCc1ccccc1)c1ccccc1. The molecule has 0 fully saturated rings. The molecule has 0 radical (unpaired) electrons. The molecule has 2 N–H and O–H groups in total. The summed E-state index contributed by atoms with van der Waals surface area (Å²) in [6.45, 7) is 2.77. The fourth-order valence-corrected chi connectivity index (χ4v) is 2.03. The first-order chi connectivity index (χ1) is 10.3. The topological polar surface area (TPSA) is 36.4 Å². The number of nitrogens with zero attached hydrogens (tertiary/aromatic N) is 1. The molecule has 0 aliphatic heterocycles. The quantitative estimate of drug-likeness (QED) is 0.504. The number of rotatable bonds is 5. The van der Waals surface area contributed by atoms with Gasteiger partial charge in [0.05, 0.1) is 5.71 Å². The lowest BCUT2D eigenvalue weighted by atomic mass is 10.1. The Hall–Kier alpha value is -2.20. The average molecular weight is 297 g/mol. The fourth-order valence-electron chi connectivity index (χ4n) is 1.91. The summed E-state index contributed by atoms with van der Waals surface area (Å²) < 4.78 is 0. The highest BCUT2D eigenvalue weighted by Gasteiger charge is 2.01. The molecule has 0 saturated carbocycles. The number of hydrogen-bond acceptors (Lipinski definition) is 2. The van der Waals surface area contributed by atoms with E-state index in [1.807, 2.05) is 48.5 Å². The second kappa shape index (κ2) is 8.17. The third-order valence-corrected chi connectivity index (χ3v) is 3.27. The second-order valence-corrected chi connectivity index (χ2v) is 4.97. The number of thiocarbonyl (C=S) groups is 1. The highest BCUT2D eigenvalue weighted by Crippen LogP contribution is 2.03. The van der Waals surface area contributed by atoms with Crippen LogP contribution in [0.25, 0.3) is 0 Å². The molecular weight excluding hydrogens is 278 g/mol. The van der Waals surface area contributed by atoms with E-state index in [2.05, 4.69) is 34.9 Å². The lowest BCUT2D eigenvalue weighted by Crippen LogP contribution is -2.32. The van der Waals surface area contributed by atoms with Gasteiger partial charge in [-0.3, -0.25) is 5.43 Å². The molecule has 3 nitrogen and oxygen atoms in total. The number of hydrogen-bond donors (Lipinski definition) is 2. The van der Waals surface area contributed by atoms with Crippen LogP contribution in [0.4, 0.5) is 0 Å². The van der Waals surface area contributed by atoms with Crippen LogP contribution in [0.15, 0.2) is 65.8 Å². The average Bonchev–Trinajstić information content (AvgIpc) is 2.55. The van der Waals surface area contributed by atoms with Gasteiger partial charge in [0.15, 0.2) is 5.11 Å². The van der Waals surface area contributed by atoms with Gasteiger partial charge in [0, 0.05) is 6.54 Å². The van der Waals surface area contributed by atoms with E-state index in [1.54, 1.807) is 0 Å². The van der Waals surface area contributed by atoms with Crippen molar-refractivity contribution in [3.63, 3.8) is 0 Å². The van der Waals surface area contributed by atoms with Crippen molar-refractivity contribution < 1.29 is 0 Å². The van der Waals surface area contributed by atoms with E-state index < -0.39 is 0 Å². The van der Waals surface area contributed by atoms with Gasteiger partial charge in [-0.15, -0.1) is 0 Å². The van der Waals surface area contributed by atoms with Gasteiger partial charge < -0.3 is 5.32 Å². The van der Waals surface area contributed by atoms with Crippen LogP contribution in [0.3, 0.4) is 0 Å². The van der Waals surface area contributed by atoms with Gasteiger partial charge in [-0.1, -0.05) is 67.6 Å². The molecule has 2 rings (SSSR count). The molecular formula is C17H19N3S. The van der Waals surface area contributed by atoms with Crippen LogP contribution in [0.1, 0.15) is 24.5 Å². The van der Waals surface area contributed by atoms with Crippen molar-refractivity contribution in [3.05, 3.63) is 71.8 Å². The summed E-state index contributed by atoms with van der Waals surface area (Å²) in [7, 11) is 0. The summed E-state index contributed by atoms with van der Waals surface area (Å²) in [6.07, 6.45) is 0.846. The van der Waals surface area contributed by atoms with Crippen molar-refractivity contribution in [2.24, 2.45) is 5.10 Å². The van der Waals surface area contributed by atoms with Crippen molar-refractivity contribution in [1.82, 2.24) is 10.7 Å². The Morgan fingerprint density at radius 2 is 1.62 bits per heavy atom. The maximum absolute atomic E-state index is 5.24. The molecule has 0 aromatic heterocycles. The Labute approximate surface area is 131 Å². The van der Waals surface area contributed by atoms with Crippen LogP contribution in [0, 0.1) is 0 Å². The van der Waals surface area contributed by atoms with Crippen LogP contribution in [0.2, 0.25) is 0 Å². The Kier molecular flexibility index (Phi) is 5.91. The molecule has 0 amide bonds. The summed E-state index contributed by atoms with van der Waals surface area (Å²) in [5.74, 6) is 0. The van der Waals surface area contributed by atoms with E-state index in [-0.39, 0.29) is 0 Å². The lowest BCUT2D eigenvalue weighted by molar-refractivity contribution is 0.864. The summed E-state index contributed by atoms with van der Waals surface area (Å²) in [6, 6.07) is 20.2. The van der Waals surface area contributed by atoms with Gasteiger partial charge in [-0.25, -0.2) is 0 Å². The zero-order chi connectivity index (χ0) is 14.9. The molecule has 21 heavy (non-hydrogen) atoms. The first-order valence-corrected chi connectivity index (χ1v) is 7.40. The van der Waals surface area contributed by atoms with Crippen LogP contribution < -0.4 is 10.7 Å². The predicted molar refractivity (Wildman–Crippen MR) is 92.3 cm³/mol. The summed E-state index contributed by atoms with van der Waals surface area (Å²) in [5, 5.41) is 8.06. The summed E-state index contributed by atoms with van der Waals surface area (Å²) >= 11 is 5.24. The largest absolute Gasteiger partial charge is 0.357 e. The van der Waals surface area contributed by atoms with E-state index in [0.29, 0.717) is 11.7 Å². The van der Waals surface area contributed by atoms with Crippen molar-refractivity contribution in [1.29, 1.82) is 0 Å². The van der Waals surface area contributed by atoms with Crippen LogP contribution in [-0.2, 0) is 6.54 Å². The Morgan fingerprint density at radius 3 is 2.24 bits per heavy atom. The van der Waals surface area contributed by atoms with Crippen LogP contribution in [-0.4, -0.2) is 10.8 Å². The third-order valence-electron chi connectivity index (χ3n) is 3.03. The molecule has 0 heterocycles. The van der Waals surface area contributed by atoms with Gasteiger partial charge >= 0.3 is 0 Å². The summed E-state index contributed by atoms with van der Waals surface area (Å²) in [4.78, 5) is 0. The van der Waals surface area contributed by atoms with Gasteiger partial charge in [0.25, 0.3) is 0 Å². The minimum atomic E-state index is 0.528. The Balaban J connectivity index is 1.88. The zero-order valence-corrected chi connectivity index (χ0v) is 12.9. The normalized spacial score (nSPS) is 11.0. The molecule has 2 aromatic carbocycles. The van der Waals surface area contributed by atoms with Crippen molar-refractivity contribution >= 4 is 23.0 Å². The molecule has 108 valence electrons. The van der Waals surface area contributed by atoms with Gasteiger partial charge in [0.1, 0.15) is 0 Å². The molecule has 4 heteroatoms. The number of benzene rings is 2. The van der Waals surface area contributed by atoms with Crippen LogP contribution in [0.5, 0.6) is 0 Å². The third kappa shape index (κ3) is 5.00. The predicted octanol–water partition coefficient (Wildman–Crippen LogP) is 3.47. The second-order valence-electron chi connectivity index (χ2n) is 4.56. The standard InChI is InChI=1S/C17H19N3S/c1-2-16(15-11-7-4-8-12-15)19-20-17(21)18-13-14-9-5-3-6-10-14/h3-12H,2,13H2,1H3,(H2,18,20,21)/b19-16+. The Morgan fingerprint density at radius 1 is 1.00 bits per heavy atom. The highest BCUT2D eigenvalue weighted by molar-refractivity contribution is 7.80. The van der Waals surface area contributed by atoms with E-state index >= 15 is 0 Å². The van der Waals surface area contributed by atoms with Crippen molar-refractivity contribution in [2.45, 2.75) is 19.9 Å². The van der Waals surface area contributed by atoms with Crippen LogP contribution >= 0.6 is 12.2 Å². The number of hydrazone groups is 1. The molecule has 0 bridgehead atoms. The monoisotopic (exact) mass is 297 g/mol. The van der Waals surface area contributed by atoms with Crippen molar-refractivity contribution in [2.75, 3.05) is 0 Å². The highest BCUT2D eigenvalue weighted by atomic mass is 32.1. The van der Waals surface area contributed by atoms with E-state index in [1.165, 1.54) is 5.56 Å². The zero-order valence-electron chi connectivity index (χ0n) is 12.0. The van der Waals surface area contributed by atoms with Gasteiger partial charge in [-0.05, 0) is 29.8 Å². The fraction of sp³-hybridized carbons (Fsp3) is 0.176. The molecule has 0 spiro atoms. The molecule has 0 aliphatic carbocycles. The molecule has 2 aromatic rings. The molecule has 0 unspecified atom stereocenters. The minimum absolute atomic E-state index is 0.528. The van der Waals surface area contributed by atoms with E-state index in [0.717, 1.165) is 17.7 Å². The molecule has 0 saturated heterocycles. The maximum Gasteiger partial charge on any atom is 0.187 e. The molecule has 0 aliphatic rings. The van der Waals surface area contributed by atoms with Gasteiger partial charge in [-0.2, -0.15) is 5.10 Å². The van der Waals surface area contributed by atoms with E-state index in [9.17, 15) is 0 Å². The van der Waals surface area contributed by atoms with Crippen molar-refractivity contribution in [3.8, 4) is 0 Å². The Bertz CT molecular complexity index is 594. The van der Waals surface area contributed by atoms with E-state index in [4.69, 9.17) is 12.2 Å². The first-order valence-electron chi connectivity index (χ1n) is 6.99. The number of nitrogens with one attached hydrogen (secondary N) is 2. The smallest absolute Gasteiger partial charge is 0.187 e. The molecule has 0 atom stereocenters. The van der Waals surface area contributed by atoms with Gasteiger partial charge in [0.2, 0.25) is 0 Å². The summed E-state index contributed by atoms with van der Waals surface area (Å²) in [5.41, 5.74) is 6.19. The maximum atomic E-state index is 5.24. The first kappa shape index (κ1) is 15.2. The minimum Gasteiger partial charge on any atom is -0.357 e. The lowest BCUT2D eigenvalue weighted by Gasteiger charge is -2.09.